The molecule has 1 aromatic heterocycles. The summed E-state index contributed by atoms with van der Waals surface area (Å²) in [5, 5.41) is 15.1. The van der Waals surface area contributed by atoms with Gasteiger partial charge in [-0.15, -0.1) is 0 Å². The SMILES string of the molecule is Cn1ccc2ccc(Nc3ccc(S(=O)(=O)C(F)F)cc3[N+](=O)[O-])cc21. The molecule has 0 fully saturated rings. The van der Waals surface area contributed by atoms with Crippen molar-refractivity contribution in [1.82, 2.24) is 4.57 Å². The molecule has 0 spiro atoms. The zero-order valence-corrected chi connectivity index (χ0v) is 14.2. The molecule has 3 rings (SSSR count). The van der Waals surface area contributed by atoms with Crippen LogP contribution in [-0.4, -0.2) is 23.7 Å². The van der Waals surface area contributed by atoms with Gasteiger partial charge < -0.3 is 9.88 Å². The Morgan fingerprint density at radius 2 is 1.88 bits per heavy atom. The van der Waals surface area contributed by atoms with Crippen molar-refractivity contribution in [2.45, 2.75) is 10.7 Å². The van der Waals surface area contributed by atoms with Crippen molar-refractivity contribution in [3.63, 3.8) is 0 Å². The first-order valence-electron chi connectivity index (χ1n) is 7.33. The summed E-state index contributed by atoms with van der Waals surface area (Å²) in [5.41, 5.74) is 0.803. The van der Waals surface area contributed by atoms with E-state index in [9.17, 15) is 27.3 Å². The van der Waals surface area contributed by atoms with Gasteiger partial charge in [0.25, 0.3) is 5.69 Å². The molecule has 1 heterocycles. The predicted molar refractivity (Wildman–Crippen MR) is 92.5 cm³/mol. The van der Waals surface area contributed by atoms with Crippen molar-refractivity contribution in [1.29, 1.82) is 0 Å². The molecular formula is C16H13F2N3O4S. The highest BCUT2D eigenvalue weighted by atomic mass is 32.2. The van der Waals surface area contributed by atoms with Gasteiger partial charge in [-0.3, -0.25) is 10.1 Å². The van der Waals surface area contributed by atoms with E-state index in [1.807, 2.05) is 29.9 Å². The molecule has 0 saturated carbocycles. The zero-order chi connectivity index (χ0) is 19.1. The van der Waals surface area contributed by atoms with Crippen molar-refractivity contribution in [2.24, 2.45) is 7.05 Å². The molecule has 0 unspecified atom stereocenters. The van der Waals surface area contributed by atoms with E-state index in [-0.39, 0.29) is 5.69 Å². The van der Waals surface area contributed by atoms with Crippen molar-refractivity contribution in [2.75, 3.05) is 5.32 Å². The first-order valence-corrected chi connectivity index (χ1v) is 8.87. The van der Waals surface area contributed by atoms with Gasteiger partial charge >= 0.3 is 5.76 Å². The monoisotopic (exact) mass is 381 g/mol. The van der Waals surface area contributed by atoms with E-state index in [0.717, 1.165) is 23.0 Å². The maximum Gasteiger partial charge on any atom is 0.341 e. The van der Waals surface area contributed by atoms with Gasteiger partial charge in [0.2, 0.25) is 9.84 Å². The Morgan fingerprint density at radius 3 is 2.54 bits per heavy atom. The lowest BCUT2D eigenvalue weighted by Crippen LogP contribution is -2.12. The van der Waals surface area contributed by atoms with E-state index in [2.05, 4.69) is 5.32 Å². The van der Waals surface area contributed by atoms with Crippen LogP contribution in [-0.2, 0) is 16.9 Å². The highest BCUT2D eigenvalue weighted by Gasteiger charge is 2.29. The number of nitrogens with zero attached hydrogens (tertiary/aromatic N) is 2. The summed E-state index contributed by atoms with van der Waals surface area (Å²) < 4.78 is 50.3. The molecule has 0 saturated heterocycles. The minimum absolute atomic E-state index is 0.00299. The van der Waals surface area contributed by atoms with Gasteiger partial charge in [0.1, 0.15) is 5.69 Å². The van der Waals surface area contributed by atoms with Gasteiger partial charge in [0.15, 0.2) is 0 Å². The number of nitro benzene ring substituents is 1. The van der Waals surface area contributed by atoms with Crippen LogP contribution in [0.3, 0.4) is 0 Å². The Labute approximate surface area is 146 Å². The standard InChI is InChI=1S/C16H13F2N3O4S/c1-20-7-6-10-2-3-11(8-14(10)20)19-13-5-4-12(9-15(13)21(22)23)26(24,25)16(17)18/h2-9,16,19H,1H3. The fraction of sp³-hybridized carbons (Fsp3) is 0.125. The van der Waals surface area contributed by atoms with E-state index in [0.29, 0.717) is 11.8 Å². The van der Waals surface area contributed by atoms with Gasteiger partial charge in [-0.1, -0.05) is 6.07 Å². The summed E-state index contributed by atoms with van der Waals surface area (Å²) in [6.45, 7) is 0. The molecule has 0 aliphatic rings. The van der Waals surface area contributed by atoms with Gasteiger partial charge in [-0.2, -0.15) is 8.78 Å². The molecule has 26 heavy (non-hydrogen) atoms. The van der Waals surface area contributed by atoms with E-state index < -0.39 is 31.1 Å². The number of hydrogen-bond donors (Lipinski definition) is 1. The molecule has 7 nitrogen and oxygen atoms in total. The number of alkyl halides is 2. The van der Waals surface area contributed by atoms with Crippen molar-refractivity contribution in [3.8, 4) is 0 Å². The summed E-state index contributed by atoms with van der Waals surface area (Å²) in [6.07, 6.45) is 1.86. The summed E-state index contributed by atoms with van der Waals surface area (Å²) in [5.74, 6) is -3.65. The number of benzene rings is 2. The van der Waals surface area contributed by atoms with Crippen LogP contribution in [0.4, 0.5) is 25.8 Å². The normalized spacial score (nSPS) is 11.8. The van der Waals surface area contributed by atoms with Crippen LogP contribution in [0.15, 0.2) is 53.6 Å². The second kappa shape index (κ2) is 6.37. The predicted octanol–water partition coefficient (Wildman–Crippen LogP) is 3.83. The molecule has 0 amide bonds. The third-order valence-electron chi connectivity index (χ3n) is 3.90. The maximum absolute atomic E-state index is 12.7. The smallest absolute Gasteiger partial charge is 0.341 e. The lowest BCUT2D eigenvalue weighted by atomic mass is 10.2. The van der Waals surface area contributed by atoms with Crippen LogP contribution in [0.1, 0.15) is 0 Å². The molecule has 10 heteroatoms. The molecule has 136 valence electrons. The Morgan fingerprint density at radius 1 is 1.15 bits per heavy atom. The van der Waals surface area contributed by atoms with Crippen molar-refractivity contribution < 1.29 is 22.1 Å². The number of hydrogen-bond acceptors (Lipinski definition) is 5. The topological polar surface area (TPSA) is 94.2 Å². The number of aryl methyl sites for hydroxylation is 1. The van der Waals surface area contributed by atoms with Crippen LogP contribution >= 0.6 is 0 Å². The summed E-state index contributed by atoms with van der Waals surface area (Å²) in [4.78, 5) is 9.64. The molecule has 0 radical (unpaired) electrons. The van der Waals surface area contributed by atoms with Crippen LogP contribution in [0.5, 0.6) is 0 Å². The van der Waals surface area contributed by atoms with Gasteiger partial charge in [-0.25, -0.2) is 8.42 Å². The maximum atomic E-state index is 12.7. The van der Waals surface area contributed by atoms with Gasteiger partial charge in [-0.05, 0) is 35.7 Å². The molecular weight excluding hydrogens is 368 g/mol. The Kier molecular flexibility index (Phi) is 4.36. The molecule has 3 aromatic rings. The summed E-state index contributed by atoms with van der Waals surface area (Å²) >= 11 is 0. The van der Waals surface area contributed by atoms with Gasteiger partial charge in [0, 0.05) is 30.5 Å². The number of rotatable bonds is 5. The summed E-state index contributed by atoms with van der Waals surface area (Å²) in [7, 11) is -3.07. The lowest BCUT2D eigenvalue weighted by molar-refractivity contribution is -0.384. The third-order valence-corrected chi connectivity index (χ3v) is 5.28. The molecule has 1 N–H and O–H groups in total. The minimum atomic E-state index is -4.92. The van der Waals surface area contributed by atoms with E-state index in [1.165, 1.54) is 0 Å². The number of nitrogens with one attached hydrogen (secondary N) is 1. The fourth-order valence-electron chi connectivity index (χ4n) is 2.54. The first kappa shape index (κ1) is 17.8. The highest BCUT2D eigenvalue weighted by molar-refractivity contribution is 7.91. The Bertz CT molecular complexity index is 1110. The first-order chi connectivity index (χ1) is 12.2. The molecule has 0 aliphatic heterocycles. The summed E-state index contributed by atoms with van der Waals surface area (Å²) in [6, 6.07) is 9.84. The molecule has 0 atom stereocenters. The molecule has 0 bridgehead atoms. The average Bonchev–Trinajstić information content (AvgIpc) is 2.95. The van der Waals surface area contributed by atoms with Crippen LogP contribution in [0, 0.1) is 10.1 Å². The lowest BCUT2D eigenvalue weighted by Gasteiger charge is -2.10. The van der Waals surface area contributed by atoms with E-state index >= 15 is 0 Å². The molecule has 2 aromatic carbocycles. The van der Waals surface area contributed by atoms with Crippen LogP contribution in [0.25, 0.3) is 10.9 Å². The number of nitro groups is 1. The van der Waals surface area contributed by atoms with E-state index in [1.54, 1.807) is 12.1 Å². The second-order valence-corrected chi connectivity index (χ2v) is 7.48. The quantitative estimate of drug-likeness (QED) is 0.535. The largest absolute Gasteiger partial charge is 0.350 e. The number of sulfone groups is 1. The minimum Gasteiger partial charge on any atom is -0.350 e. The zero-order valence-electron chi connectivity index (χ0n) is 13.4. The van der Waals surface area contributed by atoms with Gasteiger partial charge in [0.05, 0.1) is 9.82 Å². The number of anilines is 2. The highest BCUT2D eigenvalue weighted by Crippen LogP contribution is 2.32. The number of halogens is 2. The average molecular weight is 381 g/mol. The third kappa shape index (κ3) is 3.10. The van der Waals surface area contributed by atoms with Crippen molar-refractivity contribution >= 4 is 37.8 Å². The molecule has 0 aliphatic carbocycles. The number of fused-ring (bicyclic) bond motifs is 1. The van der Waals surface area contributed by atoms with Crippen LogP contribution < -0.4 is 5.32 Å². The van der Waals surface area contributed by atoms with Crippen molar-refractivity contribution in [3.05, 3.63) is 58.8 Å². The fourth-order valence-corrected chi connectivity index (χ4v) is 3.28. The van der Waals surface area contributed by atoms with E-state index in [4.69, 9.17) is 0 Å². The van der Waals surface area contributed by atoms with Crippen LogP contribution in [0.2, 0.25) is 0 Å². The Hall–Kier alpha value is -3.01. The Balaban J connectivity index is 2.03. The number of aromatic nitrogens is 1. The second-order valence-electron chi connectivity index (χ2n) is 5.57.